The van der Waals surface area contributed by atoms with Crippen molar-refractivity contribution in [2.24, 2.45) is 5.73 Å². The summed E-state index contributed by atoms with van der Waals surface area (Å²) in [4.78, 5) is 6.63. The van der Waals surface area contributed by atoms with Crippen LogP contribution in [0, 0.1) is 0 Å². The standard InChI is InChI=1S/C7H8F3N3O/c8-7(9,10)5-1-2-12-6(13-5)4(14)3-11/h1-2,4,14H,3,11H2. The number of alkyl halides is 3. The van der Waals surface area contributed by atoms with E-state index in [9.17, 15) is 13.2 Å². The Bertz CT molecular complexity index is 315. The van der Waals surface area contributed by atoms with Crippen molar-refractivity contribution in [2.75, 3.05) is 6.54 Å². The van der Waals surface area contributed by atoms with Crippen LogP contribution in [0.4, 0.5) is 13.2 Å². The van der Waals surface area contributed by atoms with E-state index >= 15 is 0 Å². The summed E-state index contributed by atoms with van der Waals surface area (Å²) in [6.45, 7) is -0.221. The molecule has 0 saturated carbocycles. The van der Waals surface area contributed by atoms with Crippen molar-refractivity contribution in [2.45, 2.75) is 12.3 Å². The molecule has 1 heterocycles. The number of hydrogen-bond donors (Lipinski definition) is 2. The summed E-state index contributed by atoms with van der Waals surface area (Å²) in [6.07, 6.45) is -4.87. The largest absolute Gasteiger partial charge is 0.433 e. The van der Waals surface area contributed by atoms with Gasteiger partial charge in [0.05, 0.1) is 0 Å². The zero-order chi connectivity index (χ0) is 10.8. The summed E-state index contributed by atoms with van der Waals surface area (Å²) < 4.78 is 36.4. The van der Waals surface area contributed by atoms with Crippen molar-refractivity contribution in [1.82, 2.24) is 9.97 Å². The number of aromatic nitrogens is 2. The van der Waals surface area contributed by atoms with Gasteiger partial charge in [-0.3, -0.25) is 0 Å². The lowest BCUT2D eigenvalue weighted by Gasteiger charge is -2.09. The number of hydrogen-bond acceptors (Lipinski definition) is 4. The highest BCUT2D eigenvalue weighted by Crippen LogP contribution is 2.27. The normalized spacial score (nSPS) is 14.1. The van der Waals surface area contributed by atoms with Crippen molar-refractivity contribution < 1.29 is 18.3 Å². The van der Waals surface area contributed by atoms with Crippen LogP contribution in [0.25, 0.3) is 0 Å². The molecule has 0 aromatic carbocycles. The van der Waals surface area contributed by atoms with Crippen LogP contribution in [-0.2, 0) is 6.18 Å². The highest BCUT2D eigenvalue weighted by atomic mass is 19.4. The van der Waals surface area contributed by atoms with E-state index in [-0.39, 0.29) is 12.4 Å². The first-order chi connectivity index (χ1) is 6.45. The third-order valence-corrected chi connectivity index (χ3v) is 1.49. The maximum absolute atomic E-state index is 12.1. The molecule has 1 aromatic rings. The summed E-state index contributed by atoms with van der Waals surface area (Å²) in [6, 6.07) is 0.729. The average Bonchev–Trinajstić information content (AvgIpc) is 2.15. The van der Waals surface area contributed by atoms with Gasteiger partial charge >= 0.3 is 6.18 Å². The topological polar surface area (TPSA) is 72.0 Å². The molecule has 3 N–H and O–H groups in total. The average molecular weight is 207 g/mol. The number of halogens is 3. The van der Waals surface area contributed by atoms with E-state index in [0.717, 1.165) is 12.3 Å². The fraction of sp³-hybridized carbons (Fsp3) is 0.429. The number of nitrogens with zero attached hydrogens (tertiary/aromatic N) is 2. The molecule has 78 valence electrons. The third kappa shape index (κ3) is 2.39. The second-order valence-electron chi connectivity index (χ2n) is 2.55. The molecule has 0 spiro atoms. The maximum atomic E-state index is 12.1. The van der Waals surface area contributed by atoms with E-state index in [1.54, 1.807) is 0 Å². The summed E-state index contributed by atoms with van der Waals surface area (Å²) in [5.74, 6) is -0.317. The van der Waals surface area contributed by atoms with Crippen LogP contribution >= 0.6 is 0 Å². The SMILES string of the molecule is NCC(O)c1nccc(C(F)(F)F)n1. The van der Waals surface area contributed by atoms with Crippen LogP contribution in [0.3, 0.4) is 0 Å². The monoisotopic (exact) mass is 207 g/mol. The summed E-state index contributed by atoms with van der Waals surface area (Å²) in [7, 11) is 0. The Kier molecular flexibility index (Phi) is 3.02. The Morgan fingerprint density at radius 2 is 2.14 bits per heavy atom. The number of aliphatic hydroxyl groups is 1. The molecule has 7 heteroatoms. The molecule has 4 nitrogen and oxygen atoms in total. The van der Waals surface area contributed by atoms with Crippen molar-refractivity contribution in [3.8, 4) is 0 Å². The minimum atomic E-state index is -4.54. The molecule has 1 rings (SSSR count). The summed E-state index contributed by atoms with van der Waals surface area (Å²) >= 11 is 0. The van der Waals surface area contributed by atoms with E-state index < -0.39 is 18.0 Å². The van der Waals surface area contributed by atoms with Crippen molar-refractivity contribution >= 4 is 0 Å². The van der Waals surface area contributed by atoms with Gasteiger partial charge in [-0.05, 0) is 6.07 Å². The number of nitrogens with two attached hydrogens (primary N) is 1. The Hall–Kier alpha value is -1.21. The first-order valence-electron chi connectivity index (χ1n) is 3.73. The van der Waals surface area contributed by atoms with Crippen LogP contribution in [0.5, 0.6) is 0 Å². The molecule has 0 aliphatic rings. The highest BCUT2D eigenvalue weighted by molar-refractivity contribution is 5.07. The van der Waals surface area contributed by atoms with Gasteiger partial charge in [0.25, 0.3) is 0 Å². The Balaban J connectivity index is 3.01. The molecular formula is C7H8F3N3O. The van der Waals surface area contributed by atoms with Crippen LogP contribution in [0.1, 0.15) is 17.6 Å². The van der Waals surface area contributed by atoms with E-state index in [0.29, 0.717) is 0 Å². The maximum Gasteiger partial charge on any atom is 0.433 e. The van der Waals surface area contributed by atoms with Gasteiger partial charge in [-0.15, -0.1) is 0 Å². The molecule has 1 aromatic heterocycles. The van der Waals surface area contributed by atoms with Gasteiger partial charge in [-0.1, -0.05) is 0 Å². The van der Waals surface area contributed by atoms with E-state index in [2.05, 4.69) is 9.97 Å². The predicted molar refractivity (Wildman–Crippen MR) is 41.0 cm³/mol. The van der Waals surface area contributed by atoms with Crippen LogP contribution in [0.15, 0.2) is 12.3 Å². The van der Waals surface area contributed by atoms with Gasteiger partial charge in [-0.2, -0.15) is 13.2 Å². The van der Waals surface area contributed by atoms with Crippen LogP contribution in [-0.4, -0.2) is 21.6 Å². The Morgan fingerprint density at radius 3 is 2.64 bits per heavy atom. The third-order valence-electron chi connectivity index (χ3n) is 1.49. The van der Waals surface area contributed by atoms with Crippen LogP contribution < -0.4 is 5.73 Å². The molecule has 0 bridgehead atoms. The van der Waals surface area contributed by atoms with Crippen molar-refractivity contribution in [3.63, 3.8) is 0 Å². The quantitative estimate of drug-likeness (QED) is 0.740. The van der Waals surface area contributed by atoms with Crippen molar-refractivity contribution in [3.05, 3.63) is 23.8 Å². The predicted octanol–water partition coefficient (Wildman–Crippen LogP) is 0.487. The lowest BCUT2D eigenvalue weighted by atomic mass is 10.3. The molecule has 0 fully saturated rings. The molecule has 14 heavy (non-hydrogen) atoms. The molecule has 0 aliphatic carbocycles. The molecule has 0 aliphatic heterocycles. The van der Waals surface area contributed by atoms with E-state index in [1.165, 1.54) is 0 Å². The van der Waals surface area contributed by atoms with Gasteiger partial charge in [0.2, 0.25) is 0 Å². The molecule has 0 saturated heterocycles. The number of rotatable bonds is 2. The van der Waals surface area contributed by atoms with Gasteiger partial charge in [0.1, 0.15) is 11.8 Å². The van der Waals surface area contributed by atoms with Gasteiger partial charge in [-0.25, -0.2) is 9.97 Å². The van der Waals surface area contributed by atoms with Gasteiger partial charge < -0.3 is 10.8 Å². The fourth-order valence-electron chi connectivity index (χ4n) is 0.798. The lowest BCUT2D eigenvalue weighted by molar-refractivity contribution is -0.141. The van der Waals surface area contributed by atoms with Crippen LogP contribution in [0.2, 0.25) is 0 Å². The second kappa shape index (κ2) is 3.89. The molecule has 1 unspecified atom stereocenters. The van der Waals surface area contributed by atoms with Gasteiger partial charge in [0.15, 0.2) is 5.82 Å². The first-order valence-corrected chi connectivity index (χ1v) is 3.73. The molecular weight excluding hydrogens is 199 g/mol. The zero-order valence-electron chi connectivity index (χ0n) is 6.99. The minimum absolute atomic E-state index is 0.221. The Morgan fingerprint density at radius 1 is 1.50 bits per heavy atom. The second-order valence-corrected chi connectivity index (χ2v) is 2.55. The van der Waals surface area contributed by atoms with E-state index in [4.69, 9.17) is 10.8 Å². The highest BCUT2D eigenvalue weighted by Gasteiger charge is 2.33. The zero-order valence-corrected chi connectivity index (χ0v) is 6.99. The van der Waals surface area contributed by atoms with Gasteiger partial charge in [0, 0.05) is 12.7 Å². The molecule has 1 atom stereocenters. The fourth-order valence-corrected chi connectivity index (χ4v) is 0.798. The summed E-state index contributed by atoms with van der Waals surface area (Å²) in [5.41, 5.74) is 3.96. The molecule has 0 amide bonds. The minimum Gasteiger partial charge on any atom is -0.384 e. The smallest absolute Gasteiger partial charge is 0.384 e. The summed E-state index contributed by atoms with van der Waals surface area (Å²) in [5, 5.41) is 9.10. The van der Waals surface area contributed by atoms with E-state index in [1.807, 2.05) is 0 Å². The van der Waals surface area contributed by atoms with Crippen molar-refractivity contribution in [1.29, 1.82) is 0 Å². The first kappa shape index (κ1) is 10.9. The lowest BCUT2D eigenvalue weighted by Crippen LogP contribution is -2.17. The Labute approximate surface area is 77.6 Å². The number of aliphatic hydroxyl groups excluding tert-OH is 1. The molecule has 0 radical (unpaired) electrons.